The number of aryl methyl sites for hydroxylation is 1. The van der Waals surface area contributed by atoms with E-state index in [1.165, 1.54) is 12.1 Å². The van der Waals surface area contributed by atoms with Gasteiger partial charge in [0.25, 0.3) is 11.6 Å². The Hall–Kier alpha value is -2.97. The van der Waals surface area contributed by atoms with Gasteiger partial charge in [-0.1, -0.05) is 27.5 Å². The van der Waals surface area contributed by atoms with E-state index < -0.39 is 10.8 Å². The molecule has 0 spiro atoms. The number of halogens is 2. The molecule has 0 atom stereocenters. The van der Waals surface area contributed by atoms with Gasteiger partial charge in [-0.05, 0) is 56.3 Å². The fraction of sp³-hybridized carbons (Fsp3) is 0.100. The Kier molecular flexibility index (Phi) is 6.14. The smallest absolute Gasteiger partial charge is 0.288 e. The van der Waals surface area contributed by atoms with Crippen molar-refractivity contribution in [3.63, 3.8) is 0 Å². The van der Waals surface area contributed by atoms with E-state index in [-0.39, 0.29) is 16.3 Å². The zero-order chi connectivity index (χ0) is 21.1. The number of rotatable bonds is 5. The van der Waals surface area contributed by atoms with E-state index in [1.807, 2.05) is 44.2 Å². The lowest BCUT2D eigenvalue weighted by molar-refractivity contribution is -0.384. The van der Waals surface area contributed by atoms with E-state index in [0.29, 0.717) is 0 Å². The van der Waals surface area contributed by atoms with Crippen LogP contribution in [-0.4, -0.2) is 21.6 Å². The molecule has 0 radical (unpaired) electrons. The predicted octanol–water partition coefficient (Wildman–Crippen LogP) is 5.18. The summed E-state index contributed by atoms with van der Waals surface area (Å²) in [5.74, 6) is -0.567. The molecule has 9 heteroatoms. The summed E-state index contributed by atoms with van der Waals surface area (Å²) in [6, 6.07) is 13.7. The third-order valence-corrected chi connectivity index (χ3v) is 5.18. The average molecular weight is 476 g/mol. The topological polar surface area (TPSA) is 89.5 Å². The van der Waals surface area contributed by atoms with Crippen molar-refractivity contribution >= 4 is 45.3 Å². The highest BCUT2D eigenvalue weighted by atomic mass is 79.9. The van der Waals surface area contributed by atoms with Gasteiger partial charge in [-0.2, -0.15) is 5.10 Å². The van der Waals surface area contributed by atoms with Crippen molar-refractivity contribution in [2.75, 3.05) is 0 Å². The fourth-order valence-electron chi connectivity index (χ4n) is 2.92. The van der Waals surface area contributed by atoms with E-state index in [2.05, 4.69) is 31.0 Å². The van der Waals surface area contributed by atoms with Gasteiger partial charge >= 0.3 is 0 Å². The monoisotopic (exact) mass is 474 g/mol. The van der Waals surface area contributed by atoms with Crippen molar-refractivity contribution in [2.24, 2.45) is 5.10 Å². The molecule has 0 aliphatic rings. The van der Waals surface area contributed by atoms with Gasteiger partial charge in [0, 0.05) is 38.7 Å². The van der Waals surface area contributed by atoms with Crippen molar-refractivity contribution in [1.82, 2.24) is 9.99 Å². The van der Waals surface area contributed by atoms with Crippen molar-refractivity contribution in [3.8, 4) is 5.69 Å². The van der Waals surface area contributed by atoms with Crippen LogP contribution in [0, 0.1) is 24.0 Å². The molecule has 1 aromatic heterocycles. The van der Waals surface area contributed by atoms with E-state index in [1.54, 1.807) is 6.21 Å². The van der Waals surface area contributed by atoms with Crippen LogP contribution in [0.15, 0.2) is 58.1 Å². The summed E-state index contributed by atoms with van der Waals surface area (Å²) in [6.45, 7) is 3.94. The van der Waals surface area contributed by atoms with Crippen LogP contribution in [0.2, 0.25) is 5.02 Å². The molecule has 0 saturated heterocycles. The lowest BCUT2D eigenvalue weighted by Gasteiger charge is -2.09. The Morgan fingerprint density at radius 1 is 1.21 bits per heavy atom. The molecule has 0 fully saturated rings. The number of hydrogen-bond acceptors (Lipinski definition) is 4. The molecular weight excluding hydrogens is 460 g/mol. The summed E-state index contributed by atoms with van der Waals surface area (Å²) < 4.78 is 3.08. The van der Waals surface area contributed by atoms with Crippen LogP contribution in [0.1, 0.15) is 27.3 Å². The number of nitrogens with zero attached hydrogens (tertiary/aromatic N) is 3. The lowest BCUT2D eigenvalue weighted by Crippen LogP contribution is -2.17. The maximum atomic E-state index is 12.2. The molecule has 0 unspecified atom stereocenters. The minimum absolute atomic E-state index is 0.0320. The molecule has 0 bridgehead atoms. The molecule has 0 aliphatic heterocycles. The molecule has 2 aromatic carbocycles. The van der Waals surface area contributed by atoms with Gasteiger partial charge in [0.05, 0.1) is 11.1 Å². The SMILES string of the molecule is Cc1cc(/C=N\NC(=O)c2ccc(Cl)c([N+](=O)[O-])c2)c(C)n1-c1ccc(Br)cc1. The van der Waals surface area contributed by atoms with Crippen molar-refractivity contribution < 1.29 is 9.72 Å². The third-order valence-electron chi connectivity index (χ3n) is 4.33. The molecule has 148 valence electrons. The maximum Gasteiger partial charge on any atom is 0.288 e. The first kappa shape index (κ1) is 20.8. The average Bonchev–Trinajstić information content (AvgIpc) is 2.96. The van der Waals surface area contributed by atoms with Crippen LogP contribution < -0.4 is 5.43 Å². The van der Waals surface area contributed by atoms with Gasteiger partial charge in [0.2, 0.25) is 0 Å². The van der Waals surface area contributed by atoms with Crippen molar-refractivity contribution in [3.05, 3.63) is 90.7 Å². The Balaban J connectivity index is 1.78. The molecule has 3 aromatic rings. The number of carbonyl (C=O) groups is 1. The molecule has 1 heterocycles. The van der Waals surface area contributed by atoms with E-state index in [0.717, 1.165) is 33.2 Å². The molecule has 0 saturated carbocycles. The quantitative estimate of drug-likeness (QED) is 0.313. The van der Waals surface area contributed by atoms with Crippen LogP contribution >= 0.6 is 27.5 Å². The van der Waals surface area contributed by atoms with E-state index in [9.17, 15) is 14.9 Å². The highest BCUT2D eigenvalue weighted by Gasteiger charge is 2.16. The van der Waals surface area contributed by atoms with Crippen LogP contribution in [0.4, 0.5) is 5.69 Å². The fourth-order valence-corrected chi connectivity index (χ4v) is 3.38. The second kappa shape index (κ2) is 8.59. The number of hydrazone groups is 1. The third kappa shape index (κ3) is 4.55. The van der Waals surface area contributed by atoms with Crippen molar-refractivity contribution in [1.29, 1.82) is 0 Å². The first-order chi connectivity index (χ1) is 13.8. The van der Waals surface area contributed by atoms with Gasteiger partial charge in [-0.25, -0.2) is 5.43 Å². The minimum atomic E-state index is -0.640. The summed E-state index contributed by atoms with van der Waals surface area (Å²) in [5.41, 5.74) is 5.99. The zero-order valence-electron chi connectivity index (χ0n) is 15.5. The Labute approximate surface area is 180 Å². The Bertz CT molecular complexity index is 1120. The molecule has 3 rings (SSSR count). The van der Waals surface area contributed by atoms with Gasteiger partial charge in [-0.3, -0.25) is 14.9 Å². The lowest BCUT2D eigenvalue weighted by atomic mass is 10.2. The van der Waals surface area contributed by atoms with Crippen molar-refractivity contribution in [2.45, 2.75) is 13.8 Å². The molecule has 7 nitrogen and oxygen atoms in total. The number of nitro benzene ring substituents is 1. The minimum Gasteiger partial charge on any atom is -0.318 e. The largest absolute Gasteiger partial charge is 0.318 e. The highest BCUT2D eigenvalue weighted by Crippen LogP contribution is 2.25. The summed E-state index contributed by atoms with van der Waals surface area (Å²) >= 11 is 9.19. The standard InChI is InChI=1S/C20H16BrClN4O3/c1-12-9-15(13(2)25(12)17-6-4-16(21)5-7-17)11-23-24-20(27)14-3-8-18(22)19(10-14)26(28)29/h3-11H,1-2H3,(H,24,27)/b23-11-. The van der Waals surface area contributed by atoms with E-state index >= 15 is 0 Å². The first-order valence-electron chi connectivity index (χ1n) is 8.50. The highest BCUT2D eigenvalue weighted by molar-refractivity contribution is 9.10. The predicted molar refractivity (Wildman–Crippen MR) is 116 cm³/mol. The van der Waals surface area contributed by atoms with Gasteiger partial charge in [0.1, 0.15) is 5.02 Å². The first-order valence-corrected chi connectivity index (χ1v) is 9.67. The Morgan fingerprint density at radius 2 is 1.90 bits per heavy atom. The second-order valence-corrected chi connectivity index (χ2v) is 7.58. The van der Waals surface area contributed by atoms with Gasteiger partial charge in [-0.15, -0.1) is 0 Å². The van der Waals surface area contributed by atoms with E-state index in [4.69, 9.17) is 11.6 Å². The molecule has 1 N–H and O–H groups in total. The second-order valence-electron chi connectivity index (χ2n) is 6.26. The number of aromatic nitrogens is 1. The summed E-state index contributed by atoms with van der Waals surface area (Å²) in [4.78, 5) is 22.5. The van der Waals surface area contributed by atoms with Gasteiger partial charge < -0.3 is 4.57 Å². The summed E-state index contributed by atoms with van der Waals surface area (Å²) in [5, 5.41) is 14.9. The maximum absolute atomic E-state index is 12.2. The molecule has 1 amide bonds. The van der Waals surface area contributed by atoms with Crippen LogP contribution in [0.3, 0.4) is 0 Å². The number of nitro groups is 1. The van der Waals surface area contributed by atoms with Crippen LogP contribution in [0.25, 0.3) is 5.69 Å². The number of nitrogens with one attached hydrogen (secondary N) is 1. The molecule has 29 heavy (non-hydrogen) atoms. The zero-order valence-corrected chi connectivity index (χ0v) is 17.9. The Morgan fingerprint density at radius 3 is 2.55 bits per heavy atom. The number of benzene rings is 2. The number of amides is 1. The molecular formula is C20H16BrClN4O3. The van der Waals surface area contributed by atoms with Gasteiger partial charge in [0.15, 0.2) is 0 Å². The number of hydrogen-bond donors (Lipinski definition) is 1. The van der Waals surface area contributed by atoms with Crippen LogP contribution in [-0.2, 0) is 0 Å². The summed E-state index contributed by atoms with van der Waals surface area (Å²) in [7, 11) is 0. The summed E-state index contributed by atoms with van der Waals surface area (Å²) in [6.07, 6.45) is 1.54. The molecule has 0 aliphatic carbocycles. The number of carbonyl (C=O) groups excluding carboxylic acids is 1. The van der Waals surface area contributed by atoms with Crippen LogP contribution in [0.5, 0.6) is 0 Å². The normalized spacial score (nSPS) is 11.0.